The van der Waals surface area contributed by atoms with Crippen LogP contribution < -0.4 is 0 Å². The Morgan fingerprint density at radius 3 is 2.75 bits per heavy atom. The Kier molecular flexibility index (Phi) is 3.97. The highest BCUT2D eigenvalue weighted by atomic mass is 35.5. The Balaban J connectivity index is 2.04. The third-order valence-corrected chi connectivity index (χ3v) is 4.62. The molecule has 0 saturated carbocycles. The maximum atomic E-state index is 10.8. The van der Waals surface area contributed by atoms with Crippen LogP contribution >= 0.6 is 11.6 Å². The van der Waals surface area contributed by atoms with Crippen molar-refractivity contribution in [3.05, 3.63) is 47.0 Å². The van der Waals surface area contributed by atoms with Crippen LogP contribution in [0, 0.1) is 5.92 Å². The second-order valence-electron chi connectivity index (χ2n) is 5.40. The normalized spacial score (nSPS) is 24.1. The lowest BCUT2D eigenvalue weighted by atomic mass is 9.87. The molecule has 1 N–H and O–H groups in total. The second kappa shape index (κ2) is 5.72. The monoisotopic (exact) mass is 290 g/mol. The van der Waals surface area contributed by atoms with E-state index >= 15 is 0 Å². The van der Waals surface area contributed by atoms with Crippen LogP contribution in [0.5, 0.6) is 0 Å². The summed E-state index contributed by atoms with van der Waals surface area (Å²) >= 11 is 6.24. The largest absolute Gasteiger partial charge is 0.388 e. The van der Waals surface area contributed by atoms with E-state index in [0.717, 1.165) is 40.8 Å². The molecule has 0 radical (unpaired) electrons. The van der Waals surface area contributed by atoms with Crippen LogP contribution in [0.3, 0.4) is 0 Å². The van der Waals surface area contributed by atoms with Crippen molar-refractivity contribution in [2.75, 3.05) is 6.61 Å². The smallest absolute Gasteiger partial charge is 0.0849 e. The molecule has 0 amide bonds. The fourth-order valence-corrected chi connectivity index (χ4v) is 3.45. The SMILES string of the molecule is CCC1OCCC1C(O)c1ccc(Cl)c2ccccc12. The lowest BCUT2D eigenvalue weighted by Crippen LogP contribution is -2.22. The Labute approximate surface area is 124 Å². The van der Waals surface area contributed by atoms with Crippen molar-refractivity contribution in [1.29, 1.82) is 0 Å². The van der Waals surface area contributed by atoms with Crippen molar-refractivity contribution in [2.45, 2.75) is 32.0 Å². The Morgan fingerprint density at radius 2 is 2.00 bits per heavy atom. The lowest BCUT2D eigenvalue weighted by molar-refractivity contribution is 0.0313. The number of aliphatic hydroxyl groups excluding tert-OH is 1. The van der Waals surface area contributed by atoms with E-state index in [1.807, 2.05) is 36.4 Å². The molecule has 106 valence electrons. The minimum Gasteiger partial charge on any atom is -0.388 e. The third-order valence-electron chi connectivity index (χ3n) is 4.29. The van der Waals surface area contributed by atoms with E-state index < -0.39 is 6.10 Å². The van der Waals surface area contributed by atoms with Crippen LogP contribution in [0.2, 0.25) is 5.02 Å². The molecule has 0 bridgehead atoms. The summed E-state index contributed by atoms with van der Waals surface area (Å²) < 4.78 is 5.71. The summed E-state index contributed by atoms with van der Waals surface area (Å²) in [6.45, 7) is 2.85. The van der Waals surface area contributed by atoms with Gasteiger partial charge in [0, 0.05) is 22.9 Å². The van der Waals surface area contributed by atoms with Crippen molar-refractivity contribution in [2.24, 2.45) is 5.92 Å². The van der Waals surface area contributed by atoms with Crippen LogP contribution in [0.25, 0.3) is 10.8 Å². The van der Waals surface area contributed by atoms with Crippen molar-refractivity contribution >= 4 is 22.4 Å². The summed E-state index contributed by atoms with van der Waals surface area (Å²) in [6.07, 6.45) is 1.51. The second-order valence-corrected chi connectivity index (χ2v) is 5.80. The minimum atomic E-state index is -0.496. The fourth-order valence-electron chi connectivity index (χ4n) is 3.22. The van der Waals surface area contributed by atoms with Gasteiger partial charge >= 0.3 is 0 Å². The molecule has 3 unspecified atom stereocenters. The van der Waals surface area contributed by atoms with E-state index in [2.05, 4.69) is 6.92 Å². The summed E-state index contributed by atoms with van der Waals surface area (Å²) in [5.41, 5.74) is 0.957. The van der Waals surface area contributed by atoms with E-state index in [9.17, 15) is 5.11 Å². The molecule has 20 heavy (non-hydrogen) atoms. The molecular weight excluding hydrogens is 272 g/mol. The molecule has 1 saturated heterocycles. The number of aliphatic hydroxyl groups is 1. The highest BCUT2D eigenvalue weighted by molar-refractivity contribution is 6.35. The van der Waals surface area contributed by atoms with Gasteiger partial charge in [-0.25, -0.2) is 0 Å². The first kappa shape index (κ1) is 13.9. The van der Waals surface area contributed by atoms with Gasteiger partial charge in [0.15, 0.2) is 0 Å². The van der Waals surface area contributed by atoms with Crippen LogP contribution in [0.1, 0.15) is 31.4 Å². The molecule has 3 rings (SSSR count). The number of ether oxygens (including phenoxy) is 1. The molecule has 1 heterocycles. The maximum absolute atomic E-state index is 10.8. The number of rotatable bonds is 3. The van der Waals surface area contributed by atoms with Gasteiger partial charge in [-0.2, -0.15) is 0 Å². The number of benzene rings is 2. The van der Waals surface area contributed by atoms with Crippen LogP contribution in [0.4, 0.5) is 0 Å². The molecule has 2 aromatic carbocycles. The summed E-state index contributed by atoms with van der Waals surface area (Å²) in [5.74, 6) is 0.171. The minimum absolute atomic E-state index is 0.152. The van der Waals surface area contributed by atoms with E-state index in [1.54, 1.807) is 0 Å². The number of hydrogen-bond acceptors (Lipinski definition) is 2. The van der Waals surface area contributed by atoms with Gasteiger partial charge in [-0.15, -0.1) is 0 Å². The standard InChI is InChI=1S/C17H19ClO2/c1-2-16-14(9-10-20-16)17(19)13-7-8-15(18)12-6-4-3-5-11(12)13/h3-8,14,16-17,19H,2,9-10H2,1H3. The average Bonchev–Trinajstić information content (AvgIpc) is 2.96. The average molecular weight is 291 g/mol. The first-order chi connectivity index (χ1) is 9.72. The maximum Gasteiger partial charge on any atom is 0.0849 e. The van der Waals surface area contributed by atoms with Crippen molar-refractivity contribution in [1.82, 2.24) is 0 Å². The molecule has 3 atom stereocenters. The molecule has 3 heteroatoms. The molecule has 1 fully saturated rings. The van der Waals surface area contributed by atoms with Gasteiger partial charge in [0.2, 0.25) is 0 Å². The Bertz CT molecular complexity index is 611. The Morgan fingerprint density at radius 1 is 1.25 bits per heavy atom. The van der Waals surface area contributed by atoms with Gasteiger partial charge in [-0.1, -0.05) is 48.9 Å². The number of fused-ring (bicyclic) bond motifs is 1. The topological polar surface area (TPSA) is 29.5 Å². The van der Waals surface area contributed by atoms with Crippen LogP contribution in [-0.2, 0) is 4.74 Å². The zero-order chi connectivity index (χ0) is 14.1. The molecule has 0 aliphatic carbocycles. The van der Waals surface area contributed by atoms with Crippen molar-refractivity contribution < 1.29 is 9.84 Å². The van der Waals surface area contributed by atoms with Gasteiger partial charge in [0.05, 0.1) is 12.2 Å². The number of hydrogen-bond donors (Lipinski definition) is 1. The van der Waals surface area contributed by atoms with Gasteiger partial charge in [-0.3, -0.25) is 0 Å². The fraction of sp³-hybridized carbons (Fsp3) is 0.412. The lowest BCUT2D eigenvalue weighted by Gasteiger charge is -2.24. The molecule has 2 nitrogen and oxygen atoms in total. The predicted octanol–water partition coefficient (Wildman–Crippen LogP) is 4.34. The van der Waals surface area contributed by atoms with E-state index in [4.69, 9.17) is 16.3 Å². The van der Waals surface area contributed by atoms with Gasteiger partial charge in [0.1, 0.15) is 0 Å². The van der Waals surface area contributed by atoms with Crippen LogP contribution in [-0.4, -0.2) is 17.8 Å². The molecule has 0 spiro atoms. The molecule has 0 aromatic heterocycles. The molecular formula is C17H19ClO2. The third kappa shape index (κ3) is 2.32. The zero-order valence-electron chi connectivity index (χ0n) is 11.6. The van der Waals surface area contributed by atoms with Gasteiger partial charge in [-0.05, 0) is 29.9 Å². The summed E-state index contributed by atoms with van der Waals surface area (Å²) in [5, 5.41) is 13.5. The summed E-state index contributed by atoms with van der Waals surface area (Å²) in [7, 11) is 0. The number of halogens is 1. The molecule has 1 aliphatic heterocycles. The highest BCUT2D eigenvalue weighted by Gasteiger charge is 2.34. The summed E-state index contributed by atoms with van der Waals surface area (Å²) in [6, 6.07) is 11.8. The first-order valence-corrected chi connectivity index (χ1v) is 7.57. The van der Waals surface area contributed by atoms with E-state index in [-0.39, 0.29) is 12.0 Å². The molecule has 2 aromatic rings. The predicted molar refractivity (Wildman–Crippen MR) is 82.1 cm³/mol. The quantitative estimate of drug-likeness (QED) is 0.911. The summed E-state index contributed by atoms with van der Waals surface area (Å²) in [4.78, 5) is 0. The van der Waals surface area contributed by atoms with Gasteiger partial charge < -0.3 is 9.84 Å². The Hall–Kier alpha value is -1.09. The molecule has 1 aliphatic rings. The van der Waals surface area contributed by atoms with E-state index in [1.165, 1.54) is 0 Å². The van der Waals surface area contributed by atoms with Crippen molar-refractivity contribution in [3.63, 3.8) is 0 Å². The zero-order valence-corrected chi connectivity index (χ0v) is 12.3. The van der Waals surface area contributed by atoms with Crippen LogP contribution in [0.15, 0.2) is 36.4 Å². The highest BCUT2D eigenvalue weighted by Crippen LogP contribution is 2.38. The van der Waals surface area contributed by atoms with Crippen molar-refractivity contribution in [3.8, 4) is 0 Å². The first-order valence-electron chi connectivity index (χ1n) is 7.19. The van der Waals surface area contributed by atoms with E-state index in [0.29, 0.717) is 0 Å². The van der Waals surface area contributed by atoms with Gasteiger partial charge in [0.25, 0.3) is 0 Å².